The van der Waals surface area contributed by atoms with E-state index in [4.69, 9.17) is 18.9 Å². The van der Waals surface area contributed by atoms with Crippen molar-refractivity contribution in [3.05, 3.63) is 47.8 Å². The van der Waals surface area contributed by atoms with Crippen LogP contribution in [0.3, 0.4) is 0 Å². The van der Waals surface area contributed by atoms with Crippen molar-refractivity contribution in [2.75, 3.05) is 19.8 Å². The minimum Gasteiger partial charge on any atom is -0.490 e. The highest BCUT2D eigenvalue weighted by atomic mass is 16.7. The van der Waals surface area contributed by atoms with Crippen molar-refractivity contribution in [2.24, 2.45) is 0 Å². The molecule has 3 aromatic rings. The van der Waals surface area contributed by atoms with Gasteiger partial charge in [-0.25, -0.2) is 14.3 Å². The van der Waals surface area contributed by atoms with Gasteiger partial charge >= 0.3 is 5.97 Å². The standard InChI is InChI=1S/C22H25N3O5/c1-5-27-21(26)20-14(2)23-19-11-10-17(24-25(19)20)16-8-6-7-9-18(16)28-12-15-13-29-22(3,4)30-15/h6-11,15H,5,12-13H2,1-4H3/t15-/m0/s1. The third-order valence-corrected chi connectivity index (χ3v) is 4.78. The van der Waals surface area contributed by atoms with E-state index in [1.165, 1.54) is 4.52 Å². The number of hydrogen-bond donors (Lipinski definition) is 0. The van der Waals surface area contributed by atoms with E-state index in [0.29, 0.717) is 41.7 Å². The molecule has 0 radical (unpaired) electrons. The number of rotatable bonds is 6. The number of benzene rings is 1. The van der Waals surface area contributed by atoms with Crippen molar-refractivity contribution >= 4 is 11.6 Å². The first-order valence-corrected chi connectivity index (χ1v) is 9.95. The van der Waals surface area contributed by atoms with Crippen LogP contribution < -0.4 is 4.74 Å². The van der Waals surface area contributed by atoms with Crippen LogP contribution in [0.2, 0.25) is 0 Å². The number of aromatic nitrogens is 3. The molecule has 0 N–H and O–H groups in total. The summed E-state index contributed by atoms with van der Waals surface area (Å²) in [7, 11) is 0. The number of aryl methyl sites for hydroxylation is 1. The van der Waals surface area contributed by atoms with E-state index in [-0.39, 0.29) is 12.7 Å². The summed E-state index contributed by atoms with van der Waals surface area (Å²) in [6.07, 6.45) is -0.143. The molecule has 1 atom stereocenters. The molecule has 4 rings (SSSR count). The lowest BCUT2D eigenvalue weighted by atomic mass is 10.1. The highest BCUT2D eigenvalue weighted by Crippen LogP contribution is 2.30. The Morgan fingerprint density at radius 2 is 2.07 bits per heavy atom. The third-order valence-electron chi connectivity index (χ3n) is 4.78. The van der Waals surface area contributed by atoms with Crippen LogP contribution in [0.4, 0.5) is 0 Å². The molecule has 3 heterocycles. The highest BCUT2D eigenvalue weighted by Gasteiger charge is 2.33. The first-order chi connectivity index (χ1) is 14.4. The molecule has 158 valence electrons. The minimum absolute atomic E-state index is 0.143. The van der Waals surface area contributed by atoms with Gasteiger partial charge in [0.05, 0.1) is 24.6 Å². The number of carbonyl (C=O) groups is 1. The molecule has 8 heteroatoms. The van der Waals surface area contributed by atoms with E-state index in [9.17, 15) is 4.79 Å². The van der Waals surface area contributed by atoms with Gasteiger partial charge in [-0.15, -0.1) is 0 Å². The lowest BCUT2D eigenvalue weighted by molar-refractivity contribution is -0.141. The summed E-state index contributed by atoms with van der Waals surface area (Å²) in [5.41, 5.74) is 2.94. The van der Waals surface area contributed by atoms with E-state index >= 15 is 0 Å². The van der Waals surface area contributed by atoms with Crippen LogP contribution in [0.15, 0.2) is 36.4 Å². The maximum absolute atomic E-state index is 12.4. The average Bonchev–Trinajstić information content (AvgIpc) is 3.24. The zero-order valence-corrected chi connectivity index (χ0v) is 17.5. The zero-order chi connectivity index (χ0) is 21.3. The molecule has 0 spiro atoms. The molecule has 1 aromatic carbocycles. The second kappa shape index (κ2) is 8.04. The van der Waals surface area contributed by atoms with Crippen LogP contribution in [0, 0.1) is 6.92 Å². The SMILES string of the molecule is CCOC(=O)c1c(C)nc2ccc(-c3ccccc3OC[C@H]3COC(C)(C)O3)nn12. The number of imidazole rings is 1. The maximum Gasteiger partial charge on any atom is 0.358 e. The fourth-order valence-corrected chi connectivity index (χ4v) is 3.45. The van der Waals surface area contributed by atoms with E-state index in [0.717, 1.165) is 5.56 Å². The van der Waals surface area contributed by atoms with E-state index < -0.39 is 11.8 Å². The Morgan fingerprint density at radius 1 is 1.27 bits per heavy atom. The molecular weight excluding hydrogens is 386 g/mol. The molecule has 1 aliphatic heterocycles. The van der Waals surface area contributed by atoms with E-state index in [1.54, 1.807) is 13.8 Å². The number of ether oxygens (including phenoxy) is 4. The highest BCUT2D eigenvalue weighted by molar-refractivity contribution is 5.90. The Labute approximate surface area is 174 Å². The molecule has 8 nitrogen and oxygen atoms in total. The molecule has 2 aromatic heterocycles. The van der Waals surface area contributed by atoms with Crippen LogP contribution >= 0.6 is 0 Å². The van der Waals surface area contributed by atoms with Gasteiger partial charge in [0, 0.05) is 5.56 Å². The fourth-order valence-electron chi connectivity index (χ4n) is 3.45. The summed E-state index contributed by atoms with van der Waals surface area (Å²) in [5.74, 6) is -0.368. The van der Waals surface area contributed by atoms with Crippen molar-refractivity contribution in [2.45, 2.75) is 39.6 Å². The fraction of sp³-hybridized carbons (Fsp3) is 0.409. The average molecular weight is 411 g/mol. The third kappa shape index (κ3) is 4.01. The number of fused-ring (bicyclic) bond motifs is 1. The largest absolute Gasteiger partial charge is 0.490 e. The van der Waals surface area contributed by atoms with Gasteiger partial charge in [-0.2, -0.15) is 5.10 Å². The summed E-state index contributed by atoms with van der Waals surface area (Å²) >= 11 is 0. The van der Waals surface area contributed by atoms with Crippen molar-refractivity contribution < 1.29 is 23.7 Å². The van der Waals surface area contributed by atoms with E-state index in [2.05, 4.69) is 10.1 Å². The number of carbonyl (C=O) groups excluding carboxylic acids is 1. The van der Waals surface area contributed by atoms with E-state index in [1.807, 2.05) is 50.2 Å². The normalized spacial score (nSPS) is 17.9. The monoisotopic (exact) mass is 411 g/mol. The molecule has 1 aliphatic rings. The maximum atomic E-state index is 12.4. The van der Waals surface area contributed by atoms with Crippen LogP contribution in [0.1, 0.15) is 37.0 Å². The summed E-state index contributed by atoms with van der Waals surface area (Å²) in [6.45, 7) is 8.43. The van der Waals surface area contributed by atoms with Gasteiger partial charge in [-0.3, -0.25) is 0 Å². The Balaban J connectivity index is 1.64. The zero-order valence-electron chi connectivity index (χ0n) is 17.5. The summed E-state index contributed by atoms with van der Waals surface area (Å²) in [5, 5.41) is 4.65. The van der Waals surface area contributed by atoms with Crippen molar-refractivity contribution in [3.63, 3.8) is 0 Å². The smallest absolute Gasteiger partial charge is 0.358 e. The predicted octanol–water partition coefficient (Wildman–Crippen LogP) is 3.41. The Morgan fingerprint density at radius 3 is 2.80 bits per heavy atom. The van der Waals surface area contributed by atoms with Crippen molar-refractivity contribution in [1.29, 1.82) is 0 Å². The second-order valence-electron chi connectivity index (χ2n) is 7.51. The lowest BCUT2D eigenvalue weighted by Crippen LogP contribution is -2.25. The predicted molar refractivity (Wildman–Crippen MR) is 110 cm³/mol. The number of esters is 1. The molecule has 1 fully saturated rings. The Kier molecular flexibility index (Phi) is 5.44. The summed E-state index contributed by atoms with van der Waals surface area (Å²) < 4.78 is 24.1. The molecule has 30 heavy (non-hydrogen) atoms. The van der Waals surface area contributed by atoms with Crippen LogP contribution in [-0.2, 0) is 14.2 Å². The lowest BCUT2D eigenvalue weighted by Gasteiger charge is -2.18. The molecule has 0 aliphatic carbocycles. The van der Waals surface area contributed by atoms with Crippen LogP contribution in [0.5, 0.6) is 5.75 Å². The van der Waals surface area contributed by atoms with Gasteiger partial charge < -0.3 is 18.9 Å². The Bertz CT molecular complexity index is 1080. The molecular formula is C22H25N3O5. The van der Waals surface area contributed by atoms with Gasteiger partial charge in [0.25, 0.3) is 0 Å². The second-order valence-corrected chi connectivity index (χ2v) is 7.51. The Hall–Kier alpha value is -2.97. The van der Waals surface area contributed by atoms with Gasteiger partial charge in [0.15, 0.2) is 17.1 Å². The number of nitrogens with zero attached hydrogens (tertiary/aromatic N) is 3. The topological polar surface area (TPSA) is 84.2 Å². The molecule has 0 bridgehead atoms. The summed E-state index contributed by atoms with van der Waals surface area (Å²) in [6, 6.07) is 11.3. The van der Waals surface area contributed by atoms with Gasteiger partial charge in [-0.05, 0) is 52.0 Å². The van der Waals surface area contributed by atoms with Gasteiger partial charge in [0.2, 0.25) is 0 Å². The first kappa shape index (κ1) is 20.3. The molecule has 0 unspecified atom stereocenters. The molecule has 1 saturated heterocycles. The van der Waals surface area contributed by atoms with Gasteiger partial charge in [0.1, 0.15) is 18.5 Å². The number of para-hydroxylation sites is 1. The first-order valence-electron chi connectivity index (χ1n) is 9.95. The van der Waals surface area contributed by atoms with Crippen LogP contribution in [0.25, 0.3) is 16.9 Å². The van der Waals surface area contributed by atoms with Crippen molar-refractivity contribution in [3.8, 4) is 17.0 Å². The van der Waals surface area contributed by atoms with Crippen molar-refractivity contribution in [1.82, 2.24) is 14.6 Å². The minimum atomic E-state index is -0.594. The van der Waals surface area contributed by atoms with Gasteiger partial charge in [-0.1, -0.05) is 12.1 Å². The number of hydrogen-bond acceptors (Lipinski definition) is 7. The summed E-state index contributed by atoms with van der Waals surface area (Å²) in [4.78, 5) is 16.8. The molecule has 0 amide bonds. The quantitative estimate of drug-likeness (QED) is 0.575. The molecule has 0 saturated carbocycles. The van der Waals surface area contributed by atoms with Crippen LogP contribution in [-0.4, -0.2) is 52.3 Å².